The molecule has 0 atom stereocenters. The fourth-order valence-corrected chi connectivity index (χ4v) is 4.40. The van der Waals surface area contributed by atoms with Gasteiger partial charge in [0, 0.05) is 24.7 Å². The van der Waals surface area contributed by atoms with Gasteiger partial charge in [0.15, 0.2) is 0 Å². The number of carboxylic acid groups (broad SMARTS) is 1. The summed E-state index contributed by atoms with van der Waals surface area (Å²) < 4.78 is 5.90. The van der Waals surface area contributed by atoms with Gasteiger partial charge in [0.25, 0.3) is 0 Å². The summed E-state index contributed by atoms with van der Waals surface area (Å²) in [6.45, 7) is 3.54. The molecule has 2 aromatic heterocycles. The highest BCUT2D eigenvalue weighted by Gasteiger charge is 2.20. The van der Waals surface area contributed by atoms with Crippen LogP contribution in [0.2, 0.25) is 0 Å². The van der Waals surface area contributed by atoms with Crippen molar-refractivity contribution in [3.8, 4) is 28.4 Å². The fraction of sp³-hybridized carbons (Fsp3) is 0.167. The number of nitrogens with one attached hydrogen (secondary N) is 1. The Balaban J connectivity index is 1.39. The Labute approximate surface area is 226 Å². The summed E-state index contributed by atoms with van der Waals surface area (Å²) in [7, 11) is 0. The molecule has 0 amide bonds. The molecule has 5 rings (SSSR count). The summed E-state index contributed by atoms with van der Waals surface area (Å²) in [5.74, 6) is 0.280. The first kappa shape index (κ1) is 25.6. The van der Waals surface area contributed by atoms with Crippen molar-refractivity contribution in [2.24, 2.45) is 0 Å². The zero-order chi connectivity index (χ0) is 27.0. The summed E-state index contributed by atoms with van der Waals surface area (Å²) in [6.07, 6.45) is 0.825. The third-order valence-electron chi connectivity index (χ3n) is 6.25. The van der Waals surface area contributed by atoms with Gasteiger partial charge >= 0.3 is 5.97 Å². The highest BCUT2D eigenvalue weighted by Crippen LogP contribution is 2.30. The molecule has 0 aliphatic carbocycles. The molecule has 2 N–H and O–H groups in total. The summed E-state index contributed by atoms with van der Waals surface area (Å²) >= 11 is 0. The van der Waals surface area contributed by atoms with Crippen LogP contribution in [0, 0.1) is 0 Å². The number of aromatic carboxylic acids is 1. The number of nitrogens with zero attached hydrogens (tertiary/aromatic N) is 5. The van der Waals surface area contributed by atoms with E-state index in [1.54, 1.807) is 12.1 Å². The maximum atomic E-state index is 12.1. The second kappa shape index (κ2) is 12.0. The van der Waals surface area contributed by atoms with Gasteiger partial charge in [-0.3, -0.25) is 0 Å². The molecule has 0 fully saturated rings. The highest BCUT2D eigenvalue weighted by atomic mass is 16.5. The molecule has 0 spiro atoms. The molecule has 3 aromatic carbocycles. The molecular weight excluding hydrogens is 492 g/mol. The van der Waals surface area contributed by atoms with Gasteiger partial charge < -0.3 is 14.7 Å². The number of hydrogen-bond acceptors (Lipinski definition) is 7. The third kappa shape index (κ3) is 6.10. The Morgan fingerprint density at radius 1 is 0.897 bits per heavy atom. The van der Waals surface area contributed by atoms with Crippen LogP contribution in [0.3, 0.4) is 0 Å². The lowest BCUT2D eigenvalue weighted by molar-refractivity contribution is 0.0697. The molecule has 0 saturated heterocycles. The topological polar surface area (TPSA) is 117 Å². The quantitative estimate of drug-likeness (QED) is 0.230. The average Bonchev–Trinajstić information content (AvgIpc) is 3.52. The Bertz CT molecular complexity index is 1520. The van der Waals surface area contributed by atoms with Gasteiger partial charge in [-0.15, -0.1) is 10.2 Å². The summed E-state index contributed by atoms with van der Waals surface area (Å²) in [6, 6.07) is 29.0. The van der Waals surface area contributed by atoms with Crippen LogP contribution in [0.15, 0.2) is 91.0 Å². The van der Waals surface area contributed by atoms with Gasteiger partial charge in [-0.25, -0.2) is 4.79 Å². The number of H-pyrrole nitrogens is 1. The lowest BCUT2D eigenvalue weighted by Crippen LogP contribution is -2.27. The predicted octanol–water partition coefficient (Wildman–Crippen LogP) is 5.62. The number of hydrogen-bond donors (Lipinski definition) is 2. The van der Waals surface area contributed by atoms with Crippen LogP contribution in [0.4, 0.5) is 5.82 Å². The Morgan fingerprint density at radius 2 is 1.64 bits per heavy atom. The molecule has 9 heteroatoms. The summed E-state index contributed by atoms with van der Waals surface area (Å²) in [4.78, 5) is 18.7. The van der Waals surface area contributed by atoms with Crippen molar-refractivity contribution in [3.05, 3.63) is 108 Å². The summed E-state index contributed by atoms with van der Waals surface area (Å²) in [5.41, 5.74) is 5.07. The van der Waals surface area contributed by atoms with E-state index in [1.165, 1.54) is 0 Å². The molecule has 0 unspecified atom stereocenters. The minimum absolute atomic E-state index is 0.140. The third-order valence-corrected chi connectivity index (χ3v) is 6.25. The minimum Gasteiger partial charge on any atom is -0.478 e. The first-order valence-electron chi connectivity index (χ1n) is 12.7. The van der Waals surface area contributed by atoms with Crippen molar-refractivity contribution >= 4 is 11.8 Å². The molecule has 0 aliphatic heterocycles. The Hall–Kier alpha value is -5.05. The van der Waals surface area contributed by atoms with Crippen molar-refractivity contribution in [3.63, 3.8) is 0 Å². The molecule has 0 radical (unpaired) electrons. The van der Waals surface area contributed by atoms with E-state index in [0.717, 1.165) is 34.2 Å². The van der Waals surface area contributed by atoms with Crippen LogP contribution in [-0.4, -0.2) is 43.2 Å². The van der Waals surface area contributed by atoms with Crippen molar-refractivity contribution in [1.29, 1.82) is 0 Å². The van der Waals surface area contributed by atoms with E-state index >= 15 is 0 Å². The van der Waals surface area contributed by atoms with E-state index in [9.17, 15) is 9.90 Å². The molecule has 0 saturated carbocycles. The average molecular weight is 521 g/mol. The van der Waals surface area contributed by atoms with Crippen molar-refractivity contribution in [2.75, 3.05) is 11.4 Å². The molecule has 5 aromatic rings. The largest absolute Gasteiger partial charge is 0.478 e. The van der Waals surface area contributed by atoms with E-state index < -0.39 is 5.97 Å². The molecule has 2 heterocycles. The second-order valence-electron chi connectivity index (χ2n) is 9.00. The number of aromatic amines is 1. The van der Waals surface area contributed by atoms with E-state index in [2.05, 4.69) is 32.5 Å². The van der Waals surface area contributed by atoms with E-state index in [0.29, 0.717) is 37.2 Å². The summed E-state index contributed by atoms with van der Waals surface area (Å²) in [5, 5.41) is 24.3. The van der Waals surface area contributed by atoms with E-state index in [4.69, 9.17) is 4.74 Å². The monoisotopic (exact) mass is 520 g/mol. The van der Waals surface area contributed by atoms with Gasteiger partial charge in [0.1, 0.15) is 18.0 Å². The number of carbonyl (C=O) groups is 1. The number of aromatic nitrogens is 5. The first-order valence-corrected chi connectivity index (χ1v) is 12.7. The number of pyridine rings is 1. The first-order chi connectivity index (χ1) is 19.1. The number of tetrazole rings is 1. The number of benzene rings is 3. The standard InChI is InChI=1S/C30H28N6O3/c1-2-18-36(29-26(30(37)38)16-17-27(31-29)39-20-22-8-4-3-5-9-22)19-21-12-14-23(15-13-21)24-10-6-7-11-25(24)28-32-34-35-33-28/h3-17H,2,18-20H2,1H3,(H,37,38)(H,32,33,34,35). The fourth-order valence-electron chi connectivity index (χ4n) is 4.40. The number of carboxylic acids is 1. The lowest BCUT2D eigenvalue weighted by Gasteiger charge is -2.25. The van der Waals surface area contributed by atoms with E-state index in [-0.39, 0.29) is 5.56 Å². The van der Waals surface area contributed by atoms with Crippen LogP contribution >= 0.6 is 0 Å². The van der Waals surface area contributed by atoms with Crippen LogP contribution in [0.1, 0.15) is 34.8 Å². The Morgan fingerprint density at radius 3 is 2.33 bits per heavy atom. The van der Waals surface area contributed by atoms with Crippen LogP contribution in [0.5, 0.6) is 5.88 Å². The van der Waals surface area contributed by atoms with Gasteiger partial charge in [-0.1, -0.05) is 85.8 Å². The molecule has 196 valence electrons. The van der Waals surface area contributed by atoms with Crippen LogP contribution < -0.4 is 9.64 Å². The maximum Gasteiger partial charge on any atom is 0.339 e. The lowest BCUT2D eigenvalue weighted by atomic mass is 9.98. The van der Waals surface area contributed by atoms with Crippen molar-refractivity contribution in [1.82, 2.24) is 25.6 Å². The maximum absolute atomic E-state index is 12.1. The second-order valence-corrected chi connectivity index (χ2v) is 9.00. The van der Waals surface area contributed by atoms with Gasteiger partial charge in [0.05, 0.1) is 0 Å². The van der Waals surface area contributed by atoms with Crippen molar-refractivity contribution < 1.29 is 14.6 Å². The zero-order valence-corrected chi connectivity index (χ0v) is 21.5. The van der Waals surface area contributed by atoms with Crippen molar-refractivity contribution in [2.45, 2.75) is 26.5 Å². The number of anilines is 1. The molecule has 9 nitrogen and oxygen atoms in total. The smallest absolute Gasteiger partial charge is 0.339 e. The van der Waals surface area contributed by atoms with Gasteiger partial charge in [-0.05, 0) is 40.0 Å². The Kier molecular flexibility index (Phi) is 7.87. The minimum atomic E-state index is -1.03. The molecular formula is C30H28N6O3. The van der Waals surface area contributed by atoms with Crippen LogP contribution in [-0.2, 0) is 13.2 Å². The van der Waals surface area contributed by atoms with Gasteiger partial charge in [0.2, 0.25) is 11.7 Å². The number of rotatable bonds is 11. The number of ether oxygens (including phenoxy) is 1. The zero-order valence-electron chi connectivity index (χ0n) is 21.5. The predicted molar refractivity (Wildman–Crippen MR) is 148 cm³/mol. The van der Waals surface area contributed by atoms with Gasteiger partial charge in [-0.2, -0.15) is 10.2 Å². The van der Waals surface area contributed by atoms with Crippen LogP contribution in [0.25, 0.3) is 22.5 Å². The van der Waals surface area contributed by atoms with E-state index in [1.807, 2.05) is 83.8 Å². The normalized spacial score (nSPS) is 10.8. The highest BCUT2D eigenvalue weighted by molar-refractivity contribution is 5.93. The SMILES string of the molecule is CCCN(Cc1ccc(-c2ccccc2-c2nn[nH]n2)cc1)c1nc(OCc2ccccc2)ccc1C(=O)O. The molecule has 39 heavy (non-hydrogen) atoms. The molecule has 0 aliphatic rings. The molecule has 0 bridgehead atoms.